The van der Waals surface area contributed by atoms with E-state index in [2.05, 4.69) is 5.32 Å². The molecule has 0 spiro atoms. The second kappa shape index (κ2) is 7.53. The van der Waals surface area contributed by atoms with Gasteiger partial charge < -0.3 is 11.1 Å². The standard InChI is InChI=1S/C14H23N3O3S/c1-11(15)5-4-6-14(18)16-12-7-9-13(10-8-12)21(19,20)17(2)3/h7-11H,4-6,15H2,1-3H3,(H,16,18). The van der Waals surface area contributed by atoms with Crippen molar-refractivity contribution in [2.75, 3.05) is 19.4 Å². The summed E-state index contributed by atoms with van der Waals surface area (Å²) in [4.78, 5) is 11.9. The maximum Gasteiger partial charge on any atom is 0.242 e. The smallest absolute Gasteiger partial charge is 0.242 e. The van der Waals surface area contributed by atoms with Crippen LogP contribution in [0.2, 0.25) is 0 Å². The van der Waals surface area contributed by atoms with Crippen LogP contribution < -0.4 is 11.1 Å². The Kier molecular flexibility index (Phi) is 6.32. The Bertz CT molecular complexity index is 566. The molecule has 0 aromatic heterocycles. The average molecular weight is 313 g/mol. The fourth-order valence-electron chi connectivity index (χ4n) is 1.73. The zero-order valence-corrected chi connectivity index (χ0v) is 13.5. The summed E-state index contributed by atoms with van der Waals surface area (Å²) in [7, 11) is -0.488. The van der Waals surface area contributed by atoms with E-state index in [0.717, 1.165) is 17.1 Å². The number of carbonyl (C=O) groups excluding carboxylic acids is 1. The Hall–Kier alpha value is -1.44. The molecule has 0 aliphatic carbocycles. The van der Waals surface area contributed by atoms with Crippen molar-refractivity contribution in [1.82, 2.24) is 4.31 Å². The molecule has 0 fully saturated rings. The highest BCUT2D eigenvalue weighted by Gasteiger charge is 2.16. The molecule has 3 N–H and O–H groups in total. The molecule has 0 aliphatic heterocycles. The SMILES string of the molecule is CC(N)CCCC(=O)Nc1ccc(S(=O)(=O)N(C)C)cc1. The molecule has 7 heteroatoms. The molecule has 0 bridgehead atoms. The van der Waals surface area contributed by atoms with E-state index in [0.29, 0.717) is 12.1 Å². The molecular weight excluding hydrogens is 290 g/mol. The van der Waals surface area contributed by atoms with Gasteiger partial charge in [-0.05, 0) is 44.0 Å². The summed E-state index contributed by atoms with van der Waals surface area (Å²) in [6.07, 6.45) is 1.93. The number of amides is 1. The molecule has 0 saturated heterocycles. The van der Waals surface area contributed by atoms with Gasteiger partial charge in [0.05, 0.1) is 4.90 Å². The molecule has 0 heterocycles. The Morgan fingerprint density at radius 1 is 1.29 bits per heavy atom. The molecule has 1 aromatic carbocycles. The van der Waals surface area contributed by atoms with Gasteiger partial charge in [-0.1, -0.05) is 0 Å². The van der Waals surface area contributed by atoms with Crippen LogP contribution in [0.3, 0.4) is 0 Å². The van der Waals surface area contributed by atoms with E-state index in [1.165, 1.54) is 26.2 Å². The minimum atomic E-state index is -3.44. The quantitative estimate of drug-likeness (QED) is 0.795. The van der Waals surface area contributed by atoms with E-state index >= 15 is 0 Å². The van der Waals surface area contributed by atoms with Crippen LogP contribution >= 0.6 is 0 Å². The summed E-state index contributed by atoms with van der Waals surface area (Å²) >= 11 is 0. The Morgan fingerprint density at radius 2 is 1.86 bits per heavy atom. The van der Waals surface area contributed by atoms with E-state index in [1.54, 1.807) is 12.1 Å². The third-order valence-corrected chi connectivity index (χ3v) is 4.81. The van der Waals surface area contributed by atoms with Crippen molar-refractivity contribution in [1.29, 1.82) is 0 Å². The van der Waals surface area contributed by atoms with E-state index < -0.39 is 10.0 Å². The number of anilines is 1. The van der Waals surface area contributed by atoms with Gasteiger partial charge in [0.2, 0.25) is 15.9 Å². The minimum absolute atomic E-state index is 0.0910. The van der Waals surface area contributed by atoms with Crippen molar-refractivity contribution in [2.45, 2.75) is 37.1 Å². The normalized spacial score (nSPS) is 13.2. The van der Waals surface area contributed by atoms with Gasteiger partial charge in [-0.25, -0.2) is 12.7 Å². The summed E-state index contributed by atoms with van der Waals surface area (Å²) in [5.41, 5.74) is 6.20. The van der Waals surface area contributed by atoms with E-state index in [1.807, 2.05) is 6.92 Å². The molecule has 1 rings (SSSR count). The number of hydrogen-bond acceptors (Lipinski definition) is 4. The summed E-state index contributed by atoms with van der Waals surface area (Å²) in [5, 5.41) is 2.74. The lowest BCUT2D eigenvalue weighted by molar-refractivity contribution is -0.116. The van der Waals surface area contributed by atoms with Gasteiger partial charge in [0.15, 0.2) is 0 Å². The predicted molar refractivity (Wildman–Crippen MR) is 83.4 cm³/mol. The molecule has 0 saturated carbocycles. The van der Waals surface area contributed by atoms with Crippen LogP contribution in [0.4, 0.5) is 5.69 Å². The monoisotopic (exact) mass is 313 g/mol. The fourth-order valence-corrected chi connectivity index (χ4v) is 2.63. The first-order valence-electron chi connectivity index (χ1n) is 6.81. The van der Waals surface area contributed by atoms with Gasteiger partial charge in [0.25, 0.3) is 0 Å². The maximum atomic E-state index is 11.9. The first kappa shape index (κ1) is 17.6. The number of nitrogens with two attached hydrogens (primary N) is 1. The summed E-state index contributed by atoms with van der Waals surface area (Å²) < 4.78 is 24.9. The second-order valence-corrected chi connectivity index (χ2v) is 7.38. The first-order valence-corrected chi connectivity index (χ1v) is 8.25. The van der Waals surface area contributed by atoms with Crippen molar-refractivity contribution in [3.05, 3.63) is 24.3 Å². The van der Waals surface area contributed by atoms with Crippen LogP contribution in [-0.2, 0) is 14.8 Å². The van der Waals surface area contributed by atoms with Crippen LogP contribution in [0, 0.1) is 0 Å². The topological polar surface area (TPSA) is 92.5 Å². The Labute approximate surface area is 126 Å². The molecule has 0 aliphatic rings. The Morgan fingerprint density at radius 3 is 2.33 bits per heavy atom. The van der Waals surface area contributed by atoms with Crippen LogP contribution in [0.15, 0.2) is 29.2 Å². The number of benzene rings is 1. The van der Waals surface area contributed by atoms with Crippen LogP contribution in [-0.4, -0.2) is 38.8 Å². The molecular formula is C14H23N3O3S. The van der Waals surface area contributed by atoms with Crippen molar-refractivity contribution in [3.63, 3.8) is 0 Å². The van der Waals surface area contributed by atoms with E-state index in [-0.39, 0.29) is 16.8 Å². The molecule has 1 unspecified atom stereocenters. The van der Waals surface area contributed by atoms with Gasteiger partial charge in [0.1, 0.15) is 0 Å². The third-order valence-electron chi connectivity index (χ3n) is 2.98. The number of nitrogens with zero attached hydrogens (tertiary/aromatic N) is 1. The number of carbonyl (C=O) groups is 1. The highest BCUT2D eigenvalue weighted by Crippen LogP contribution is 2.16. The minimum Gasteiger partial charge on any atom is -0.328 e. The van der Waals surface area contributed by atoms with Gasteiger partial charge in [-0.2, -0.15) is 0 Å². The lowest BCUT2D eigenvalue weighted by Crippen LogP contribution is -2.22. The average Bonchev–Trinajstić information content (AvgIpc) is 2.38. The maximum absolute atomic E-state index is 11.9. The van der Waals surface area contributed by atoms with Crippen LogP contribution in [0.25, 0.3) is 0 Å². The highest BCUT2D eigenvalue weighted by atomic mass is 32.2. The highest BCUT2D eigenvalue weighted by molar-refractivity contribution is 7.89. The molecule has 6 nitrogen and oxygen atoms in total. The zero-order chi connectivity index (χ0) is 16.0. The van der Waals surface area contributed by atoms with Crippen molar-refractivity contribution in [3.8, 4) is 0 Å². The van der Waals surface area contributed by atoms with Crippen molar-refractivity contribution < 1.29 is 13.2 Å². The molecule has 1 aromatic rings. The lowest BCUT2D eigenvalue weighted by Gasteiger charge is -2.12. The van der Waals surface area contributed by atoms with Crippen molar-refractivity contribution in [2.24, 2.45) is 5.73 Å². The van der Waals surface area contributed by atoms with Gasteiger partial charge in [0, 0.05) is 32.2 Å². The lowest BCUT2D eigenvalue weighted by atomic mass is 10.1. The largest absolute Gasteiger partial charge is 0.328 e. The fraction of sp³-hybridized carbons (Fsp3) is 0.500. The summed E-state index contributed by atoms with van der Waals surface area (Å²) in [5.74, 6) is -0.0983. The summed E-state index contributed by atoms with van der Waals surface area (Å²) in [6.45, 7) is 1.90. The van der Waals surface area contributed by atoms with Crippen LogP contribution in [0.5, 0.6) is 0 Å². The van der Waals surface area contributed by atoms with Gasteiger partial charge >= 0.3 is 0 Å². The molecule has 1 atom stereocenters. The van der Waals surface area contributed by atoms with E-state index in [4.69, 9.17) is 5.73 Å². The van der Waals surface area contributed by atoms with Crippen molar-refractivity contribution >= 4 is 21.6 Å². The van der Waals surface area contributed by atoms with Crippen LogP contribution in [0.1, 0.15) is 26.2 Å². The number of hydrogen-bond donors (Lipinski definition) is 2. The molecule has 21 heavy (non-hydrogen) atoms. The molecule has 118 valence electrons. The summed E-state index contributed by atoms with van der Waals surface area (Å²) in [6, 6.07) is 6.22. The Balaban J connectivity index is 2.61. The zero-order valence-electron chi connectivity index (χ0n) is 12.7. The predicted octanol–water partition coefficient (Wildman–Crippen LogP) is 1.39. The number of sulfonamides is 1. The number of rotatable bonds is 7. The number of nitrogens with one attached hydrogen (secondary N) is 1. The first-order chi connectivity index (χ1) is 9.73. The second-order valence-electron chi connectivity index (χ2n) is 5.23. The van der Waals surface area contributed by atoms with E-state index in [9.17, 15) is 13.2 Å². The molecule has 0 radical (unpaired) electrons. The molecule has 1 amide bonds. The third kappa shape index (κ3) is 5.45. The van der Waals surface area contributed by atoms with Gasteiger partial charge in [-0.15, -0.1) is 0 Å². The van der Waals surface area contributed by atoms with Gasteiger partial charge in [-0.3, -0.25) is 4.79 Å².